The maximum Gasteiger partial charge on any atom is 0.573 e. The van der Waals surface area contributed by atoms with Gasteiger partial charge in [-0.25, -0.2) is 9.37 Å². The van der Waals surface area contributed by atoms with Gasteiger partial charge >= 0.3 is 6.36 Å². The smallest absolute Gasteiger partial charge is 0.406 e. The van der Waals surface area contributed by atoms with E-state index in [0.717, 1.165) is 6.42 Å². The zero-order valence-electron chi connectivity index (χ0n) is 13.8. The van der Waals surface area contributed by atoms with Gasteiger partial charge in [-0.05, 0) is 36.2 Å². The highest BCUT2D eigenvalue weighted by Crippen LogP contribution is 2.29. The van der Waals surface area contributed by atoms with Gasteiger partial charge in [-0.1, -0.05) is 19.1 Å². The zero-order valence-corrected chi connectivity index (χ0v) is 13.8. The van der Waals surface area contributed by atoms with Crippen molar-refractivity contribution in [3.05, 3.63) is 59.7 Å². The number of H-pyrrole nitrogens is 1. The molecule has 0 fully saturated rings. The van der Waals surface area contributed by atoms with Gasteiger partial charge in [0.05, 0.1) is 11.0 Å². The van der Waals surface area contributed by atoms with E-state index >= 15 is 0 Å². The SMILES string of the molecule is CCCOC(c1ccc(OC(F)(F)F)cc1)c1nc2cc(F)ccc2[nH]1. The van der Waals surface area contributed by atoms with Gasteiger partial charge in [0.2, 0.25) is 0 Å². The third-order valence-electron chi connectivity index (χ3n) is 3.62. The standard InChI is InChI=1S/C18H16F4N2O2/c1-2-9-25-16(11-3-6-13(7-4-11)26-18(20,21)22)17-23-14-8-5-12(19)10-15(14)24-17/h3-8,10,16H,2,9H2,1H3,(H,23,24). The fourth-order valence-electron chi connectivity index (χ4n) is 2.54. The molecule has 3 rings (SSSR count). The first-order valence-electron chi connectivity index (χ1n) is 7.98. The number of ether oxygens (including phenoxy) is 2. The molecule has 0 radical (unpaired) electrons. The van der Waals surface area contributed by atoms with Crippen molar-refractivity contribution in [3.8, 4) is 5.75 Å². The van der Waals surface area contributed by atoms with Crippen molar-refractivity contribution in [1.82, 2.24) is 9.97 Å². The van der Waals surface area contributed by atoms with E-state index in [1.54, 1.807) is 6.07 Å². The Labute approximate surface area is 146 Å². The van der Waals surface area contributed by atoms with Crippen LogP contribution in [0.3, 0.4) is 0 Å². The molecule has 4 nitrogen and oxygen atoms in total. The first-order valence-corrected chi connectivity index (χ1v) is 7.98. The maximum atomic E-state index is 13.4. The molecule has 0 saturated heterocycles. The first-order chi connectivity index (χ1) is 12.4. The molecule has 0 saturated carbocycles. The van der Waals surface area contributed by atoms with Gasteiger partial charge in [-0.15, -0.1) is 13.2 Å². The summed E-state index contributed by atoms with van der Waals surface area (Å²) in [6, 6.07) is 9.57. The summed E-state index contributed by atoms with van der Waals surface area (Å²) in [4.78, 5) is 7.42. The average Bonchev–Trinajstić information content (AvgIpc) is 2.98. The Bertz CT molecular complexity index is 875. The third kappa shape index (κ3) is 4.32. The van der Waals surface area contributed by atoms with Crippen molar-refractivity contribution < 1.29 is 27.0 Å². The quantitative estimate of drug-likeness (QED) is 0.615. The highest BCUT2D eigenvalue weighted by molar-refractivity contribution is 5.75. The number of aromatic amines is 1. The van der Waals surface area contributed by atoms with Crippen LogP contribution in [0.4, 0.5) is 17.6 Å². The number of nitrogens with zero attached hydrogens (tertiary/aromatic N) is 1. The summed E-state index contributed by atoms with van der Waals surface area (Å²) in [6.45, 7) is 2.36. The largest absolute Gasteiger partial charge is 0.573 e. The number of hydrogen-bond acceptors (Lipinski definition) is 3. The topological polar surface area (TPSA) is 47.1 Å². The van der Waals surface area contributed by atoms with Crippen LogP contribution in [0.2, 0.25) is 0 Å². The van der Waals surface area contributed by atoms with Crippen LogP contribution in [-0.4, -0.2) is 22.9 Å². The number of imidazole rings is 1. The number of hydrogen-bond donors (Lipinski definition) is 1. The summed E-state index contributed by atoms with van der Waals surface area (Å²) >= 11 is 0. The second kappa shape index (κ2) is 7.33. The van der Waals surface area contributed by atoms with Crippen LogP contribution < -0.4 is 4.74 Å². The molecule has 1 aromatic heterocycles. The lowest BCUT2D eigenvalue weighted by molar-refractivity contribution is -0.274. The maximum absolute atomic E-state index is 13.4. The molecular formula is C18H16F4N2O2. The molecule has 0 aliphatic carbocycles. The lowest BCUT2D eigenvalue weighted by Crippen LogP contribution is -2.17. The van der Waals surface area contributed by atoms with Crippen LogP contribution in [0.25, 0.3) is 11.0 Å². The molecule has 8 heteroatoms. The lowest BCUT2D eigenvalue weighted by atomic mass is 10.1. The van der Waals surface area contributed by atoms with Crippen LogP contribution >= 0.6 is 0 Å². The van der Waals surface area contributed by atoms with Gasteiger partial charge in [-0.3, -0.25) is 0 Å². The Morgan fingerprint density at radius 1 is 1.12 bits per heavy atom. The lowest BCUT2D eigenvalue weighted by Gasteiger charge is -2.17. The fraction of sp³-hybridized carbons (Fsp3) is 0.278. The first kappa shape index (κ1) is 18.2. The van der Waals surface area contributed by atoms with Crippen LogP contribution in [-0.2, 0) is 4.74 Å². The van der Waals surface area contributed by atoms with E-state index in [0.29, 0.717) is 29.0 Å². The Kier molecular flexibility index (Phi) is 5.13. The second-order valence-corrected chi connectivity index (χ2v) is 5.65. The number of benzene rings is 2. The molecular weight excluding hydrogens is 352 g/mol. The van der Waals surface area contributed by atoms with Gasteiger partial charge < -0.3 is 14.5 Å². The predicted molar refractivity (Wildman–Crippen MR) is 87.3 cm³/mol. The Morgan fingerprint density at radius 2 is 1.85 bits per heavy atom. The van der Waals surface area contributed by atoms with Crippen LogP contribution in [0, 0.1) is 5.82 Å². The molecule has 0 amide bonds. The third-order valence-corrected chi connectivity index (χ3v) is 3.62. The average molecular weight is 368 g/mol. The number of fused-ring (bicyclic) bond motifs is 1. The molecule has 0 aliphatic rings. The molecule has 2 aromatic carbocycles. The van der Waals surface area contributed by atoms with E-state index in [2.05, 4.69) is 14.7 Å². The molecule has 1 unspecified atom stereocenters. The summed E-state index contributed by atoms with van der Waals surface area (Å²) in [7, 11) is 0. The minimum atomic E-state index is -4.75. The number of alkyl halides is 3. The van der Waals surface area contributed by atoms with Crippen LogP contribution in [0.15, 0.2) is 42.5 Å². The predicted octanol–water partition coefficient (Wildman–Crippen LogP) is 5.12. The highest BCUT2D eigenvalue weighted by atomic mass is 19.4. The second-order valence-electron chi connectivity index (χ2n) is 5.65. The van der Waals surface area contributed by atoms with Gasteiger partial charge in [-0.2, -0.15) is 0 Å². The Balaban J connectivity index is 1.91. The van der Waals surface area contributed by atoms with Crippen molar-refractivity contribution in [3.63, 3.8) is 0 Å². The van der Waals surface area contributed by atoms with E-state index in [9.17, 15) is 17.6 Å². The molecule has 26 heavy (non-hydrogen) atoms. The van der Waals surface area contributed by atoms with Crippen molar-refractivity contribution in [2.45, 2.75) is 25.8 Å². The van der Waals surface area contributed by atoms with E-state index in [1.165, 1.54) is 36.4 Å². The number of rotatable bonds is 6. The number of halogens is 4. The molecule has 1 heterocycles. The molecule has 0 bridgehead atoms. The summed E-state index contributed by atoms with van der Waals surface area (Å²) in [5.74, 6) is -0.277. The van der Waals surface area contributed by atoms with E-state index in [4.69, 9.17) is 4.74 Å². The Morgan fingerprint density at radius 3 is 2.50 bits per heavy atom. The normalized spacial score (nSPS) is 13.1. The Hall–Kier alpha value is -2.61. The molecule has 1 N–H and O–H groups in total. The fourth-order valence-corrected chi connectivity index (χ4v) is 2.54. The molecule has 138 valence electrons. The summed E-state index contributed by atoms with van der Waals surface area (Å²) in [6.07, 6.45) is -4.62. The van der Waals surface area contributed by atoms with Gasteiger partial charge in [0.1, 0.15) is 23.5 Å². The minimum Gasteiger partial charge on any atom is -0.406 e. The number of aromatic nitrogens is 2. The van der Waals surface area contributed by atoms with E-state index in [1.807, 2.05) is 6.92 Å². The van der Waals surface area contributed by atoms with Crippen molar-refractivity contribution in [2.24, 2.45) is 0 Å². The molecule has 3 aromatic rings. The van der Waals surface area contributed by atoms with Crippen molar-refractivity contribution >= 4 is 11.0 Å². The molecule has 0 aliphatic heterocycles. The van der Waals surface area contributed by atoms with E-state index < -0.39 is 18.3 Å². The molecule has 0 spiro atoms. The summed E-state index contributed by atoms with van der Waals surface area (Å²) in [5.41, 5.74) is 1.69. The molecule has 1 atom stereocenters. The van der Waals surface area contributed by atoms with Crippen LogP contribution in [0.5, 0.6) is 5.75 Å². The van der Waals surface area contributed by atoms with Gasteiger partial charge in [0, 0.05) is 12.7 Å². The monoisotopic (exact) mass is 368 g/mol. The van der Waals surface area contributed by atoms with Crippen molar-refractivity contribution in [1.29, 1.82) is 0 Å². The van der Waals surface area contributed by atoms with Crippen molar-refractivity contribution in [2.75, 3.05) is 6.61 Å². The number of nitrogens with one attached hydrogen (secondary N) is 1. The summed E-state index contributed by atoms with van der Waals surface area (Å²) in [5, 5.41) is 0. The van der Waals surface area contributed by atoms with Gasteiger partial charge in [0.15, 0.2) is 0 Å². The highest BCUT2D eigenvalue weighted by Gasteiger charge is 2.31. The zero-order chi connectivity index (χ0) is 18.7. The van der Waals surface area contributed by atoms with E-state index in [-0.39, 0.29) is 5.75 Å². The minimum absolute atomic E-state index is 0.317. The summed E-state index contributed by atoms with van der Waals surface area (Å²) < 4.78 is 59.9. The van der Waals surface area contributed by atoms with Crippen LogP contribution in [0.1, 0.15) is 30.8 Å². The van der Waals surface area contributed by atoms with Gasteiger partial charge in [0.25, 0.3) is 0 Å².